The van der Waals surface area contributed by atoms with Crippen LogP contribution < -0.4 is 5.56 Å². The number of carbonyl (C=O) groups is 1. The lowest BCUT2D eigenvalue weighted by atomic mass is 9.93. The van der Waals surface area contributed by atoms with Crippen LogP contribution in [0.3, 0.4) is 0 Å². The quantitative estimate of drug-likeness (QED) is 0.721. The van der Waals surface area contributed by atoms with Crippen LogP contribution >= 0.6 is 23.2 Å². The van der Waals surface area contributed by atoms with Gasteiger partial charge in [0.15, 0.2) is 0 Å². The smallest absolute Gasteiger partial charge is 0.313 e. The van der Waals surface area contributed by atoms with Gasteiger partial charge in [-0.25, -0.2) is 9.49 Å². The van der Waals surface area contributed by atoms with E-state index < -0.39 is 23.3 Å². The van der Waals surface area contributed by atoms with Crippen molar-refractivity contribution in [1.29, 1.82) is 0 Å². The van der Waals surface area contributed by atoms with Crippen LogP contribution in [0.4, 0.5) is 4.39 Å². The summed E-state index contributed by atoms with van der Waals surface area (Å²) >= 11 is 11.8. The zero-order chi connectivity index (χ0) is 18.1. The number of benzene rings is 2. The first-order valence-corrected chi connectivity index (χ1v) is 7.97. The summed E-state index contributed by atoms with van der Waals surface area (Å²) in [6.07, 6.45) is 0.0811. The topological polar surface area (TPSA) is 83.0 Å². The van der Waals surface area contributed by atoms with Crippen molar-refractivity contribution in [2.75, 3.05) is 0 Å². The van der Waals surface area contributed by atoms with E-state index in [4.69, 9.17) is 23.2 Å². The van der Waals surface area contributed by atoms with E-state index in [1.165, 1.54) is 6.07 Å². The molecule has 1 atom stereocenters. The highest BCUT2D eigenvalue weighted by Gasteiger charge is 2.25. The van der Waals surface area contributed by atoms with E-state index in [1.54, 1.807) is 18.2 Å². The van der Waals surface area contributed by atoms with Crippen LogP contribution in [0.15, 0.2) is 41.2 Å². The second kappa shape index (κ2) is 6.82. The number of H-pyrrole nitrogens is 1. The Hall–Kier alpha value is -2.44. The summed E-state index contributed by atoms with van der Waals surface area (Å²) in [6.45, 7) is 0. The number of hydrogen-bond acceptors (Lipinski definition) is 3. The third-order valence-corrected chi connectivity index (χ3v) is 4.57. The second-order valence-corrected chi connectivity index (χ2v) is 6.29. The number of aromatic nitrogens is 2. The zero-order valence-electron chi connectivity index (χ0n) is 12.6. The minimum absolute atomic E-state index is 0.0467. The molecule has 0 aliphatic rings. The highest BCUT2D eigenvalue weighted by Crippen LogP contribution is 2.28. The molecule has 25 heavy (non-hydrogen) atoms. The summed E-state index contributed by atoms with van der Waals surface area (Å²) < 4.78 is 13.4. The molecule has 0 radical (unpaired) electrons. The average molecular weight is 381 g/mol. The Bertz CT molecular complexity index is 1040. The van der Waals surface area contributed by atoms with E-state index in [2.05, 4.69) is 10.2 Å². The van der Waals surface area contributed by atoms with Gasteiger partial charge in [0.1, 0.15) is 11.7 Å². The standard InChI is InChI=1S/C17H11Cl2FN2O3/c18-13-4-1-8(6-14(13)19)5-12(17(24)25)15-10-3-2-9(20)7-11(10)16(23)22-21-15/h1-4,6-7,12H,5H2,(H,22,23)(H,24,25). The van der Waals surface area contributed by atoms with Crippen molar-refractivity contribution < 1.29 is 14.3 Å². The van der Waals surface area contributed by atoms with Crippen molar-refractivity contribution in [3.05, 3.63) is 73.9 Å². The number of nitrogens with one attached hydrogen (secondary N) is 1. The molecule has 1 aromatic heterocycles. The van der Waals surface area contributed by atoms with E-state index in [9.17, 15) is 19.1 Å². The average Bonchev–Trinajstić information content (AvgIpc) is 2.57. The lowest BCUT2D eigenvalue weighted by molar-refractivity contribution is -0.138. The van der Waals surface area contributed by atoms with Gasteiger partial charge in [-0.15, -0.1) is 0 Å². The number of fused-ring (bicyclic) bond motifs is 1. The van der Waals surface area contributed by atoms with Crippen molar-refractivity contribution in [2.45, 2.75) is 12.3 Å². The molecule has 1 heterocycles. The van der Waals surface area contributed by atoms with E-state index in [1.807, 2.05) is 0 Å². The summed E-state index contributed by atoms with van der Waals surface area (Å²) in [7, 11) is 0. The van der Waals surface area contributed by atoms with Gasteiger partial charge in [0.25, 0.3) is 5.56 Å². The molecule has 3 rings (SSSR count). The molecule has 8 heteroatoms. The van der Waals surface area contributed by atoms with Crippen molar-refractivity contribution in [3.63, 3.8) is 0 Å². The Morgan fingerprint density at radius 3 is 2.60 bits per heavy atom. The summed E-state index contributed by atoms with van der Waals surface area (Å²) in [5.74, 6) is -2.77. The Balaban J connectivity index is 2.11. The Morgan fingerprint density at radius 2 is 1.92 bits per heavy atom. The van der Waals surface area contributed by atoms with Gasteiger partial charge in [0.05, 0.1) is 21.1 Å². The molecule has 2 N–H and O–H groups in total. The number of carboxylic acids is 1. The predicted molar refractivity (Wildman–Crippen MR) is 92.9 cm³/mol. The van der Waals surface area contributed by atoms with Gasteiger partial charge < -0.3 is 5.11 Å². The van der Waals surface area contributed by atoms with Crippen LogP contribution in [-0.2, 0) is 11.2 Å². The van der Waals surface area contributed by atoms with Crippen molar-refractivity contribution >= 4 is 39.9 Å². The molecule has 5 nitrogen and oxygen atoms in total. The Morgan fingerprint density at radius 1 is 1.16 bits per heavy atom. The number of carboxylic acid groups (broad SMARTS) is 1. The van der Waals surface area contributed by atoms with Crippen LogP contribution in [0.1, 0.15) is 17.2 Å². The molecule has 0 aliphatic heterocycles. The first-order valence-electron chi connectivity index (χ1n) is 7.21. The van der Waals surface area contributed by atoms with Gasteiger partial charge in [-0.1, -0.05) is 29.3 Å². The molecule has 0 amide bonds. The van der Waals surface area contributed by atoms with E-state index in [0.29, 0.717) is 15.6 Å². The summed E-state index contributed by atoms with van der Waals surface area (Å²) in [5, 5.41) is 16.8. The second-order valence-electron chi connectivity index (χ2n) is 5.47. The SMILES string of the molecule is O=C(O)C(Cc1ccc(Cl)c(Cl)c1)c1n[nH]c(=O)c2cc(F)ccc12. The molecule has 0 spiro atoms. The first-order chi connectivity index (χ1) is 11.9. The molecule has 0 aliphatic carbocycles. The molecule has 0 bridgehead atoms. The molecule has 1 unspecified atom stereocenters. The van der Waals surface area contributed by atoms with Gasteiger partial charge in [-0.05, 0) is 42.3 Å². The maximum absolute atomic E-state index is 13.4. The van der Waals surface area contributed by atoms with Gasteiger partial charge in [-0.3, -0.25) is 9.59 Å². The third-order valence-electron chi connectivity index (χ3n) is 3.83. The highest BCUT2D eigenvalue weighted by atomic mass is 35.5. The van der Waals surface area contributed by atoms with E-state index in [-0.39, 0.29) is 22.9 Å². The van der Waals surface area contributed by atoms with Gasteiger partial charge in [0, 0.05) is 5.39 Å². The molecular formula is C17H11Cl2FN2O3. The molecule has 128 valence electrons. The normalized spacial score (nSPS) is 12.3. The molecule has 0 saturated heterocycles. The zero-order valence-corrected chi connectivity index (χ0v) is 14.1. The third kappa shape index (κ3) is 3.50. The Labute approximate surface area is 151 Å². The fourth-order valence-corrected chi connectivity index (χ4v) is 2.95. The van der Waals surface area contributed by atoms with Gasteiger partial charge in [0.2, 0.25) is 0 Å². The summed E-state index contributed by atoms with van der Waals surface area (Å²) in [4.78, 5) is 23.6. The molecule has 2 aromatic carbocycles. The summed E-state index contributed by atoms with van der Waals surface area (Å²) in [6, 6.07) is 8.38. The predicted octanol–water partition coefficient (Wildman–Crippen LogP) is 3.78. The van der Waals surface area contributed by atoms with E-state index in [0.717, 1.165) is 12.1 Å². The van der Waals surface area contributed by atoms with Crippen molar-refractivity contribution in [1.82, 2.24) is 10.2 Å². The number of rotatable bonds is 4. The number of aromatic amines is 1. The van der Waals surface area contributed by atoms with Crippen LogP contribution in [0.2, 0.25) is 10.0 Å². The fourth-order valence-electron chi connectivity index (χ4n) is 2.63. The van der Waals surface area contributed by atoms with Crippen LogP contribution in [-0.4, -0.2) is 21.3 Å². The maximum Gasteiger partial charge on any atom is 0.313 e. The van der Waals surface area contributed by atoms with Crippen LogP contribution in [0.25, 0.3) is 10.8 Å². The lowest BCUT2D eigenvalue weighted by Gasteiger charge is -2.14. The minimum Gasteiger partial charge on any atom is -0.481 e. The number of hydrogen-bond donors (Lipinski definition) is 2. The van der Waals surface area contributed by atoms with Crippen molar-refractivity contribution in [2.24, 2.45) is 0 Å². The molecular weight excluding hydrogens is 370 g/mol. The number of nitrogens with zero attached hydrogens (tertiary/aromatic N) is 1. The van der Waals surface area contributed by atoms with Gasteiger partial charge in [-0.2, -0.15) is 5.10 Å². The number of aliphatic carboxylic acids is 1. The maximum atomic E-state index is 13.4. The minimum atomic E-state index is -1.13. The lowest BCUT2D eigenvalue weighted by Crippen LogP contribution is -2.20. The molecule has 0 fully saturated rings. The molecule has 0 saturated carbocycles. The van der Waals surface area contributed by atoms with Crippen LogP contribution in [0, 0.1) is 5.82 Å². The van der Waals surface area contributed by atoms with Gasteiger partial charge >= 0.3 is 5.97 Å². The van der Waals surface area contributed by atoms with E-state index >= 15 is 0 Å². The number of halogens is 3. The highest BCUT2D eigenvalue weighted by molar-refractivity contribution is 6.42. The van der Waals surface area contributed by atoms with Crippen molar-refractivity contribution in [3.8, 4) is 0 Å². The monoisotopic (exact) mass is 380 g/mol. The van der Waals surface area contributed by atoms with Crippen LogP contribution in [0.5, 0.6) is 0 Å². The first kappa shape index (κ1) is 17.4. The Kier molecular flexibility index (Phi) is 4.74. The molecule has 3 aromatic rings. The largest absolute Gasteiger partial charge is 0.481 e. The summed E-state index contributed by atoms with van der Waals surface area (Å²) in [5.41, 5.74) is 0.204. The fraction of sp³-hybridized carbons (Fsp3) is 0.118.